The lowest BCUT2D eigenvalue weighted by molar-refractivity contribution is 0.511. The Morgan fingerprint density at radius 3 is 2.65 bits per heavy atom. The van der Waals surface area contributed by atoms with Crippen molar-refractivity contribution in [3.8, 4) is 0 Å². The molecule has 2 unspecified atom stereocenters. The van der Waals surface area contributed by atoms with Gasteiger partial charge < -0.3 is 4.40 Å². The highest BCUT2D eigenvalue weighted by atomic mass is 15.0. The molecule has 0 spiro atoms. The molecule has 1 aromatic carbocycles. The molecule has 0 saturated heterocycles. The maximum Gasteiger partial charge on any atom is 0.137 e. The molecule has 0 saturated carbocycles. The van der Waals surface area contributed by atoms with Crippen LogP contribution >= 0.6 is 0 Å². The van der Waals surface area contributed by atoms with Crippen molar-refractivity contribution < 1.29 is 0 Å². The van der Waals surface area contributed by atoms with Gasteiger partial charge in [-0.3, -0.25) is 0 Å². The largest absolute Gasteiger partial charge is 0.303 e. The third-order valence-electron chi connectivity index (χ3n) is 4.17. The first-order valence-electron chi connectivity index (χ1n) is 6.16. The Morgan fingerprint density at radius 2 is 1.82 bits per heavy atom. The van der Waals surface area contributed by atoms with Crippen LogP contribution in [0.1, 0.15) is 37.1 Å². The molecule has 0 N–H and O–H groups in total. The van der Waals surface area contributed by atoms with Gasteiger partial charge in [-0.1, -0.05) is 38.1 Å². The Kier molecular flexibility index (Phi) is 1.57. The molecule has 17 heavy (non-hydrogen) atoms. The van der Waals surface area contributed by atoms with E-state index in [9.17, 15) is 0 Å². The quantitative estimate of drug-likeness (QED) is 0.566. The summed E-state index contributed by atoms with van der Waals surface area (Å²) in [5, 5.41) is 2.55. The van der Waals surface area contributed by atoms with E-state index in [2.05, 4.69) is 54.8 Å². The molecule has 2 heteroatoms. The molecule has 2 heterocycles. The van der Waals surface area contributed by atoms with E-state index in [0.29, 0.717) is 11.8 Å². The molecule has 84 valence electrons. The first kappa shape index (κ1) is 9.23. The minimum Gasteiger partial charge on any atom is -0.303 e. The van der Waals surface area contributed by atoms with Crippen molar-refractivity contribution in [2.24, 2.45) is 0 Å². The molecule has 1 aliphatic carbocycles. The second-order valence-electron chi connectivity index (χ2n) is 5.09. The van der Waals surface area contributed by atoms with E-state index in [1.165, 1.54) is 22.2 Å². The third-order valence-corrected chi connectivity index (χ3v) is 4.17. The first-order valence-corrected chi connectivity index (χ1v) is 6.16. The number of hydrogen-bond acceptors (Lipinski definition) is 1. The van der Waals surface area contributed by atoms with Crippen molar-refractivity contribution in [3.63, 3.8) is 0 Å². The molecule has 0 fully saturated rings. The van der Waals surface area contributed by atoms with Gasteiger partial charge in [-0.15, -0.1) is 0 Å². The number of pyridine rings is 1. The zero-order valence-electron chi connectivity index (χ0n) is 10.0. The average molecular weight is 222 g/mol. The maximum absolute atomic E-state index is 4.74. The Hall–Kier alpha value is -1.83. The predicted molar refractivity (Wildman–Crippen MR) is 69.5 cm³/mol. The number of rotatable bonds is 0. The van der Waals surface area contributed by atoms with E-state index in [1.807, 2.05) is 0 Å². The standard InChI is InChI=1S/C15H14N2/c1-9-10(2)15-14(9)16-13-7-11-5-3-4-6-12(11)8-17(13)15/h3-10H,1-2H3. The van der Waals surface area contributed by atoms with Crippen molar-refractivity contribution in [2.75, 3.05) is 0 Å². The number of aromatic nitrogens is 2. The van der Waals surface area contributed by atoms with Crippen LogP contribution in [0.5, 0.6) is 0 Å². The summed E-state index contributed by atoms with van der Waals surface area (Å²) in [6, 6.07) is 10.7. The Labute approximate surface area is 99.9 Å². The molecular weight excluding hydrogens is 208 g/mol. The molecule has 0 aliphatic heterocycles. The highest BCUT2D eigenvalue weighted by Crippen LogP contribution is 2.45. The van der Waals surface area contributed by atoms with Crippen LogP contribution in [0.4, 0.5) is 0 Å². The Balaban J connectivity index is 2.14. The van der Waals surface area contributed by atoms with Crippen molar-refractivity contribution in [1.82, 2.24) is 9.38 Å². The second-order valence-corrected chi connectivity index (χ2v) is 5.09. The molecule has 2 atom stereocenters. The minimum atomic E-state index is 0.605. The van der Waals surface area contributed by atoms with Gasteiger partial charge in [-0.2, -0.15) is 0 Å². The molecule has 0 bridgehead atoms. The van der Waals surface area contributed by atoms with Crippen LogP contribution in [-0.2, 0) is 0 Å². The Bertz CT molecular complexity index is 739. The van der Waals surface area contributed by atoms with E-state index in [1.54, 1.807) is 0 Å². The summed E-state index contributed by atoms with van der Waals surface area (Å²) in [6.07, 6.45) is 2.22. The maximum atomic E-state index is 4.74. The zero-order valence-corrected chi connectivity index (χ0v) is 10.0. The summed E-state index contributed by atoms with van der Waals surface area (Å²) >= 11 is 0. The molecule has 0 amide bonds. The second kappa shape index (κ2) is 2.89. The van der Waals surface area contributed by atoms with Gasteiger partial charge in [0, 0.05) is 23.7 Å². The molecular formula is C15H14N2. The van der Waals surface area contributed by atoms with Crippen molar-refractivity contribution in [2.45, 2.75) is 25.7 Å². The predicted octanol–water partition coefficient (Wildman–Crippen LogP) is 3.71. The van der Waals surface area contributed by atoms with Crippen molar-refractivity contribution in [1.29, 1.82) is 0 Å². The minimum absolute atomic E-state index is 0.605. The number of nitrogens with zero attached hydrogens (tertiary/aromatic N) is 2. The summed E-state index contributed by atoms with van der Waals surface area (Å²) in [7, 11) is 0. The zero-order chi connectivity index (χ0) is 11.6. The first-order chi connectivity index (χ1) is 8.25. The average Bonchev–Trinajstić information content (AvgIpc) is 2.70. The SMILES string of the molecule is CC1c2nc3cc4ccccc4cn3c2C1C. The van der Waals surface area contributed by atoms with Crippen LogP contribution in [0.15, 0.2) is 36.5 Å². The lowest BCUT2D eigenvalue weighted by atomic mass is 9.77. The van der Waals surface area contributed by atoms with Gasteiger partial charge in [-0.25, -0.2) is 4.98 Å². The van der Waals surface area contributed by atoms with E-state index >= 15 is 0 Å². The van der Waals surface area contributed by atoms with E-state index in [-0.39, 0.29) is 0 Å². The fourth-order valence-electron chi connectivity index (χ4n) is 2.92. The molecule has 1 aliphatic rings. The normalized spacial score (nSPS) is 22.7. The van der Waals surface area contributed by atoms with Gasteiger partial charge >= 0.3 is 0 Å². The van der Waals surface area contributed by atoms with Gasteiger partial charge in [0.1, 0.15) is 5.65 Å². The summed E-state index contributed by atoms with van der Waals surface area (Å²) in [5.41, 5.74) is 3.77. The summed E-state index contributed by atoms with van der Waals surface area (Å²) in [6.45, 7) is 4.55. The van der Waals surface area contributed by atoms with Gasteiger partial charge in [0.15, 0.2) is 0 Å². The molecule has 4 rings (SSSR count). The molecule has 3 aromatic rings. The Morgan fingerprint density at radius 1 is 1.06 bits per heavy atom. The van der Waals surface area contributed by atoms with Gasteiger partial charge in [0.2, 0.25) is 0 Å². The van der Waals surface area contributed by atoms with Crippen LogP contribution in [0.2, 0.25) is 0 Å². The fraction of sp³-hybridized carbons (Fsp3) is 0.267. The van der Waals surface area contributed by atoms with Crippen LogP contribution < -0.4 is 0 Å². The highest BCUT2D eigenvalue weighted by Gasteiger charge is 2.35. The summed E-state index contributed by atoms with van der Waals surface area (Å²) in [5.74, 6) is 1.23. The fourth-order valence-corrected chi connectivity index (χ4v) is 2.92. The van der Waals surface area contributed by atoms with Crippen molar-refractivity contribution in [3.05, 3.63) is 47.9 Å². The van der Waals surface area contributed by atoms with Gasteiger partial charge in [-0.05, 0) is 16.8 Å². The van der Waals surface area contributed by atoms with Crippen LogP contribution in [-0.4, -0.2) is 9.38 Å². The lowest BCUT2D eigenvalue weighted by Crippen LogP contribution is -2.20. The van der Waals surface area contributed by atoms with Crippen LogP contribution in [0, 0.1) is 0 Å². The van der Waals surface area contributed by atoms with E-state index < -0.39 is 0 Å². The number of hydrogen-bond donors (Lipinski definition) is 0. The summed E-state index contributed by atoms with van der Waals surface area (Å²) in [4.78, 5) is 4.74. The number of benzene rings is 1. The lowest BCUT2D eigenvalue weighted by Gasteiger charge is -2.29. The highest BCUT2D eigenvalue weighted by molar-refractivity contribution is 5.85. The van der Waals surface area contributed by atoms with Crippen LogP contribution in [0.25, 0.3) is 16.4 Å². The monoisotopic (exact) mass is 222 g/mol. The topological polar surface area (TPSA) is 17.3 Å². The smallest absolute Gasteiger partial charge is 0.137 e. The van der Waals surface area contributed by atoms with E-state index in [0.717, 1.165) is 5.65 Å². The van der Waals surface area contributed by atoms with Gasteiger partial charge in [0.05, 0.1) is 5.69 Å². The number of imidazole rings is 1. The van der Waals surface area contributed by atoms with Gasteiger partial charge in [0.25, 0.3) is 0 Å². The molecule has 2 nitrogen and oxygen atoms in total. The molecule has 2 aromatic heterocycles. The van der Waals surface area contributed by atoms with Crippen LogP contribution in [0.3, 0.4) is 0 Å². The molecule has 0 radical (unpaired) electrons. The van der Waals surface area contributed by atoms with E-state index in [4.69, 9.17) is 4.98 Å². The number of fused-ring (bicyclic) bond motifs is 4. The third kappa shape index (κ3) is 1.03. The van der Waals surface area contributed by atoms with Crippen molar-refractivity contribution >= 4 is 16.4 Å². The summed E-state index contributed by atoms with van der Waals surface area (Å²) < 4.78 is 2.27.